The summed E-state index contributed by atoms with van der Waals surface area (Å²) in [6.07, 6.45) is 0.254. The lowest BCUT2D eigenvalue weighted by Crippen LogP contribution is -2.31. The molecule has 0 bridgehead atoms. The minimum Gasteiger partial charge on any atom is -0.394 e. The monoisotopic (exact) mass is 211 g/mol. The lowest BCUT2D eigenvalue weighted by Gasteiger charge is -2.08. The molecule has 1 unspecified atom stereocenters. The van der Waals surface area contributed by atoms with Gasteiger partial charge in [0.25, 0.3) is 0 Å². The Morgan fingerprint density at radius 3 is 2.62 bits per heavy atom. The Balaban J connectivity index is 2.18. The number of aliphatic hydroxyl groups excluding tert-OH is 2. The first-order valence-electron chi connectivity index (χ1n) is 3.97. The fourth-order valence-corrected chi connectivity index (χ4v) is 1.84. The maximum absolute atomic E-state index is 11.1. The van der Waals surface area contributed by atoms with Crippen molar-refractivity contribution in [3.8, 4) is 0 Å². The number of aliphatic hydroxyl groups is 2. The van der Waals surface area contributed by atoms with Gasteiger partial charge < -0.3 is 10.2 Å². The molecule has 0 radical (unpaired) electrons. The van der Waals surface area contributed by atoms with Crippen molar-refractivity contribution in [1.29, 1.82) is 0 Å². The van der Waals surface area contributed by atoms with E-state index in [-0.39, 0.29) is 11.9 Å². The van der Waals surface area contributed by atoms with E-state index in [1.807, 2.05) is 4.89 Å². The summed E-state index contributed by atoms with van der Waals surface area (Å²) in [5.41, 5.74) is 0. The highest BCUT2D eigenvalue weighted by molar-refractivity contribution is 7.90. The third-order valence-electron chi connectivity index (χ3n) is 1.62. The topological polar surface area (TPSA) is 95.9 Å². The van der Waals surface area contributed by atoms with E-state index in [0.717, 1.165) is 0 Å². The van der Waals surface area contributed by atoms with E-state index in [1.54, 1.807) is 0 Å². The maximum atomic E-state index is 11.1. The van der Waals surface area contributed by atoms with Crippen LogP contribution in [0.4, 0.5) is 0 Å². The lowest BCUT2D eigenvalue weighted by atomic mass is 10.4. The summed E-state index contributed by atoms with van der Waals surface area (Å²) >= 11 is 0. The second kappa shape index (κ2) is 4.34. The van der Waals surface area contributed by atoms with Gasteiger partial charge in [0.05, 0.1) is 18.5 Å². The molecule has 0 spiro atoms. The molecular formula is C6H13NO5S. The fourth-order valence-electron chi connectivity index (χ4n) is 0.711. The number of hydrogen-bond donors (Lipinski definition) is 3. The molecule has 78 valence electrons. The fraction of sp³-hybridized carbons (Fsp3) is 1.00. The molecule has 1 fully saturated rings. The van der Waals surface area contributed by atoms with Gasteiger partial charge in [0.1, 0.15) is 6.10 Å². The SMILES string of the molecule is O=S(=O)(NOCC(O)CO)C1CC1. The zero-order chi connectivity index (χ0) is 9.90. The van der Waals surface area contributed by atoms with Gasteiger partial charge in [-0.1, -0.05) is 4.89 Å². The van der Waals surface area contributed by atoms with E-state index in [4.69, 9.17) is 10.2 Å². The van der Waals surface area contributed by atoms with Crippen LogP contribution in [-0.4, -0.2) is 43.2 Å². The van der Waals surface area contributed by atoms with Gasteiger partial charge in [-0.05, 0) is 12.8 Å². The van der Waals surface area contributed by atoms with Crippen LogP contribution in [0.3, 0.4) is 0 Å². The van der Waals surface area contributed by atoms with Crippen LogP contribution in [0.5, 0.6) is 0 Å². The molecule has 1 aliphatic rings. The molecule has 3 N–H and O–H groups in total. The van der Waals surface area contributed by atoms with E-state index in [0.29, 0.717) is 12.8 Å². The molecule has 0 saturated heterocycles. The van der Waals surface area contributed by atoms with Crippen molar-refractivity contribution in [2.24, 2.45) is 0 Å². The molecule has 6 nitrogen and oxygen atoms in total. The molecule has 0 aromatic carbocycles. The van der Waals surface area contributed by atoms with Crippen LogP contribution < -0.4 is 4.89 Å². The smallest absolute Gasteiger partial charge is 0.236 e. The molecule has 0 heterocycles. The van der Waals surface area contributed by atoms with Crippen LogP contribution in [0, 0.1) is 0 Å². The summed E-state index contributed by atoms with van der Waals surface area (Å²) in [6, 6.07) is 0. The van der Waals surface area contributed by atoms with E-state index in [1.165, 1.54) is 0 Å². The van der Waals surface area contributed by atoms with E-state index in [9.17, 15) is 8.42 Å². The second-order valence-electron chi connectivity index (χ2n) is 2.98. The first-order chi connectivity index (χ1) is 6.06. The first kappa shape index (κ1) is 10.9. The molecule has 1 saturated carbocycles. The van der Waals surface area contributed by atoms with Crippen molar-refractivity contribution in [1.82, 2.24) is 4.89 Å². The molecule has 7 heteroatoms. The van der Waals surface area contributed by atoms with Crippen LogP contribution >= 0.6 is 0 Å². The summed E-state index contributed by atoms with van der Waals surface area (Å²) < 4.78 is 22.2. The molecule has 1 aliphatic carbocycles. The van der Waals surface area contributed by atoms with Crippen molar-refractivity contribution in [3.63, 3.8) is 0 Å². The Kier molecular flexibility index (Phi) is 3.63. The van der Waals surface area contributed by atoms with E-state index in [2.05, 4.69) is 4.84 Å². The zero-order valence-corrected chi connectivity index (χ0v) is 7.83. The quantitative estimate of drug-likeness (QED) is 0.458. The van der Waals surface area contributed by atoms with Gasteiger partial charge >= 0.3 is 0 Å². The summed E-state index contributed by atoms with van der Waals surface area (Å²) in [5.74, 6) is 0. The van der Waals surface area contributed by atoms with Crippen molar-refractivity contribution < 1.29 is 23.5 Å². The number of hydrogen-bond acceptors (Lipinski definition) is 5. The molecular weight excluding hydrogens is 198 g/mol. The van der Waals surface area contributed by atoms with E-state index < -0.39 is 22.7 Å². The number of rotatable bonds is 6. The molecule has 13 heavy (non-hydrogen) atoms. The highest BCUT2D eigenvalue weighted by atomic mass is 32.2. The second-order valence-corrected chi connectivity index (χ2v) is 4.90. The molecule has 1 atom stereocenters. The highest BCUT2D eigenvalue weighted by Gasteiger charge is 2.35. The van der Waals surface area contributed by atoms with Gasteiger partial charge in [-0.15, -0.1) is 0 Å². The molecule has 0 aromatic heterocycles. The third-order valence-corrected chi connectivity index (χ3v) is 3.32. The summed E-state index contributed by atoms with van der Waals surface area (Å²) in [4.78, 5) is 6.39. The van der Waals surface area contributed by atoms with E-state index >= 15 is 0 Å². The lowest BCUT2D eigenvalue weighted by molar-refractivity contribution is -0.0119. The summed E-state index contributed by atoms with van der Waals surface area (Å²) in [5, 5.41) is 16.8. The Morgan fingerprint density at radius 2 is 2.15 bits per heavy atom. The standard InChI is InChI=1S/C6H13NO5S/c8-3-5(9)4-12-7-13(10,11)6-1-2-6/h5-9H,1-4H2. The van der Waals surface area contributed by atoms with Gasteiger partial charge in [0.15, 0.2) is 0 Å². The van der Waals surface area contributed by atoms with Crippen LogP contribution in [0.1, 0.15) is 12.8 Å². The average Bonchev–Trinajstić information content (AvgIpc) is 2.85. The molecule has 1 rings (SSSR count). The molecule has 0 aromatic rings. The minimum absolute atomic E-state index is 0.248. The van der Waals surface area contributed by atoms with Crippen molar-refractivity contribution in [2.45, 2.75) is 24.2 Å². The summed E-state index contributed by atoms with van der Waals surface area (Å²) in [7, 11) is -3.36. The van der Waals surface area contributed by atoms with Crippen molar-refractivity contribution in [2.75, 3.05) is 13.2 Å². The van der Waals surface area contributed by atoms with Gasteiger partial charge in [0, 0.05) is 0 Å². The maximum Gasteiger partial charge on any atom is 0.236 e. The van der Waals surface area contributed by atoms with Crippen LogP contribution in [0.15, 0.2) is 0 Å². The minimum atomic E-state index is -3.36. The van der Waals surface area contributed by atoms with Gasteiger partial charge in [-0.3, -0.25) is 4.84 Å². The highest BCUT2D eigenvalue weighted by Crippen LogP contribution is 2.27. The van der Waals surface area contributed by atoms with Crippen LogP contribution in [-0.2, 0) is 14.9 Å². The van der Waals surface area contributed by atoms with Crippen molar-refractivity contribution >= 4 is 10.0 Å². The van der Waals surface area contributed by atoms with Gasteiger partial charge in [0.2, 0.25) is 10.0 Å². The Labute approximate surface area is 76.5 Å². The first-order valence-corrected chi connectivity index (χ1v) is 5.52. The largest absolute Gasteiger partial charge is 0.394 e. The zero-order valence-electron chi connectivity index (χ0n) is 7.01. The normalized spacial score (nSPS) is 20.2. The number of sulfonamides is 1. The van der Waals surface area contributed by atoms with Crippen LogP contribution in [0.25, 0.3) is 0 Å². The van der Waals surface area contributed by atoms with Crippen molar-refractivity contribution in [3.05, 3.63) is 0 Å². The Bertz CT molecular complexity index is 248. The summed E-state index contributed by atoms with van der Waals surface area (Å²) in [6.45, 7) is -0.701. The Hall–Kier alpha value is -0.210. The predicted molar refractivity (Wildman–Crippen MR) is 44.1 cm³/mol. The van der Waals surface area contributed by atoms with Crippen LogP contribution in [0.2, 0.25) is 0 Å². The average molecular weight is 211 g/mol. The third kappa shape index (κ3) is 3.57. The predicted octanol–water partition coefficient (Wildman–Crippen LogP) is -1.65. The van der Waals surface area contributed by atoms with Gasteiger partial charge in [-0.25, -0.2) is 8.42 Å². The molecule has 0 aliphatic heterocycles. The van der Waals surface area contributed by atoms with Gasteiger partial charge in [-0.2, -0.15) is 0 Å². The Morgan fingerprint density at radius 1 is 1.54 bits per heavy atom. The number of nitrogens with one attached hydrogen (secondary N) is 1. The molecule has 0 amide bonds.